The summed E-state index contributed by atoms with van der Waals surface area (Å²) in [4.78, 5) is 23.4. The minimum Gasteiger partial charge on any atom is -0.494 e. The monoisotopic (exact) mass is 348 g/mol. The van der Waals surface area contributed by atoms with E-state index in [-0.39, 0.29) is 11.8 Å². The Morgan fingerprint density at radius 3 is 2.20 bits per heavy atom. The second-order valence-electron chi connectivity index (χ2n) is 6.22. The quantitative estimate of drug-likeness (QED) is 0.259. The molecule has 4 nitrogen and oxygen atoms in total. The van der Waals surface area contributed by atoms with Gasteiger partial charge in [0.25, 0.3) is 0 Å². The molecule has 1 aromatic rings. The summed E-state index contributed by atoms with van der Waals surface area (Å²) >= 11 is 0. The average Bonchev–Trinajstić information content (AvgIpc) is 2.62. The van der Waals surface area contributed by atoms with Gasteiger partial charge >= 0.3 is 5.97 Å². The molecule has 140 valence electrons. The molecule has 0 unspecified atom stereocenters. The van der Waals surface area contributed by atoms with Crippen molar-refractivity contribution in [2.45, 2.75) is 71.6 Å². The molecule has 0 amide bonds. The summed E-state index contributed by atoms with van der Waals surface area (Å²) in [6, 6.07) is 7.41. The number of esters is 1. The summed E-state index contributed by atoms with van der Waals surface area (Å²) in [5.41, 5.74) is 0.726. The maximum Gasteiger partial charge on any atom is 0.305 e. The number of unbranched alkanes of at least 4 members (excludes halogenated alkanes) is 5. The lowest BCUT2D eigenvalue weighted by molar-refractivity contribution is -0.143. The van der Waals surface area contributed by atoms with E-state index < -0.39 is 0 Å². The number of carbonyl (C=O) groups is 2. The first kappa shape index (κ1) is 21.2. The molecule has 25 heavy (non-hydrogen) atoms. The third kappa shape index (κ3) is 9.90. The van der Waals surface area contributed by atoms with E-state index in [0.717, 1.165) is 43.6 Å². The topological polar surface area (TPSA) is 52.6 Å². The van der Waals surface area contributed by atoms with E-state index >= 15 is 0 Å². The van der Waals surface area contributed by atoms with Crippen LogP contribution in [-0.2, 0) is 9.53 Å². The largest absolute Gasteiger partial charge is 0.494 e. The van der Waals surface area contributed by atoms with Crippen LogP contribution in [0.25, 0.3) is 0 Å². The van der Waals surface area contributed by atoms with Gasteiger partial charge in [0.2, 0.25) is 0 Å². The highest BCUT2D eigenvalue weighted by molar-refractivity contribution is 5.96. The molecule has 0 heterocycles. The van der Waals surface area contributed by atoms with Crippen LogP contribution in [-0.4, -0.2) is 25.0 Å². The van der Waals surface area contributed by atoms with Crippen LogP contribution in [0.2, 0.25) is 0 Å². The minimum absolute atomic E-state index is 0.144. The fourth-order valence-electron chi connectivity index (χ4n) is 2.57. The van der Waals surface area contributed by atoms with Crippen LogP contribution in [0.4, 0.5) is 0 Å². The van der Waals surface area contributed by atoms with Crippen LogP contribution in [0.5, 0.6) is 5.75 Å². The molecular formula is C21H32O4. The van der Waals surface area contributed by atoms with E-state index in [0.29, 0.717) is 19.4 Å². The van der Waals surface area contributed by atoms with Crippen molar-refractivity contribution in [3.05, 3.63) is 29.8 Å². The number of benzene rings is 1. The van der Waals surface area contributed by atoms with Crippen LogP contribution in [0.3, 0.4) is 0 Å². The van der Waals surface area contributed by atoms with E-state index in [2.05, 4.69) is 6.92 Å². The average molecular weight is 348 g/mol. The lowest BCUT2D eigenvalue weighted by Crippen LogP contribution is -2.04. The lowest BCUT2D eigenvalue weighted by atomic mass is 10.0. The van der Waals surface area contributed by atoms with Gasteiger partial charge < -0.3 is 9.47 Å². The maximum absolute atomic E-state index is 12.2. The van der Waals surface area contributed by atoms with Gasteiger partial charge in [0, 0.05) is 18.4 Å². The molecule has 0 aliphatic carbocycles. The number of ketones is 1. The van der Waals surface area contributed by atoms with Crippen LogP contribution in [0.15, 0.2) is 24.3 Å². The molecule has 0 fully saturated rings. The Hall–Kier alpha value is -1.84. The smallest absolute Gasteiger partial charge is 0.305 e. The Labute approximate surface area is 151 Å². The van der Waals surface area contributed by atoms with Crippen LogP contribution < -0.4 is 4.74 Å². The molecule has 0 aliphatic heterocycles. The number of carbonyl (C=O) groups excluding carboxylic acids is 2. The molecule has 0 aromatic heterocycles. The molecule has 0 saturated heterocycles. The summed E-state index contributed by atoms with van der Waals surface area (Å²) in [7, 11) is 0. The van der Waals surface area contributed by atoms with E-state index in [1.807, 2.05) is 24.3 Å². The number of rotatable bonds is 14. The van der Waals surface area contributed by atoms with Crippen molar-refractivity contribution in [3.8, 4) is 5.75 Å². The van der Waals surface area contributed by atoms with Crippen LogP contribution in [0, 0.1) is 0 Å². The zero-order valence-electron chi connectivity index (χ0n) is 15.7. The minimum atomic E-state index is -0.154. The summed E-state index contributed by atoms with van der Waals surface area (Å²) in [5.74, 6) is 0.812. The SMILES string of the molecule is CCCCCCOc1ccc(C(=O)CCCCCC(=O)OCC)cc1. The van der Waals surface area contributed by atoms with Crippen molar-refractivity contribution in [2.24, 2.45) is 0 Å². The Morgan fingerprint density at radius 2 is 1.52 bits per heavy atom. The van der Waals surface area contributed by atoms with Crippen molar-refractivity contribution >= 4 is 11.8 Å². The van der Waals surface area contributed by atoms with Crippen molar-refractivity contribution < 1.29 is 19.1 Å². The van der Waals surface area contributed by atoms with Crippen molar-refractivity contribution in [1.82, 2.24) is 0 Å². The van der Waals surface area contributed by atoms with E-state index in [1.165, 1.54) is 19.3 Å². The molecule has 4 heteroatoms. The standard InChI is InChI=1S/C21H32O4/c1-3-5-6-10-17-25-19-15-13-18(14-16-19)20(22)11-8-7-9-12-21(23)24-4-2/h13-16H,3-12,17H2,1-2H3. The Morgan fingerprint density at radius 1 is 0.840 bits per heavy atom. The first-order valence-corrected chi connectivity index (χ1v) is 9.59. The number of hydrogen-bond donors (Lipinski definition) is 0. The first-order valence-electron chi connectivity index (χ1n) is 9.59. The maximum atomic E-state index is 12.2. The first-order chi connectivity index (χ1) is 12.2. The lowest BCUT2D eigenvalue weighted by Gasteiger charge is -2.07. The summed E-state index contributed by atoms with van der Waals surface area (Å²) in [5, 5.41) is 0. The molecule has 0 radical (unpaired) electrons. The normalized spacial score (nSPS) is 10.5. The van der Waals surface area contributed by atoms with Gasteiger partial charge in [0.1, 0.15) is 5.75 Å². The van der Waals surface area contributed by atoms with E-state index in [9.17, 15) is 9.59 Å². The van der Waals surface area contributed by atoms with Crippen molar-refractivity contribution in [3.63, 3.8) is 0 Å². The van der Waals surface area contributed by atoms with Gasteiger partial charge in [-0.15, -0.1) is 0 Å². The molecule has 0 bridgehead atoms. The highest BCUT2D eigenvalue weighted by Crippen LogP contribution is 2.16. The summed E-state index contributed by atoms with van der Waals surface area (Å²) in [6.45, 7) is 5.15. The predicted molar refractivity (Wildman–Crippen MR) is 100 cm³/mol. The fraction of sp³-hybridized carbons (Fsp3) is 0.619. The number of hydrogen-bond acceptors (Lipinski definition) is 4. The number of ether oxygens (including phenoxy) is 2. The van der Waals surface area contributed by atoms with Crippen molar-refractivity contribution in [2.75, 3.05) is 13.2 Å². The Bertz CT molecular complexity index is 493. The van der Waals surface area contributed by atoms with Gasteiger partial charge in [-0.2, -0.15) is 0 Å². The zero-order chi connectivity index (χ0) is 18.3. The predicted octanol–water partition coefficient (Wildman–Crippen LogP) is 5.34. The fourth-order valence-corrected chi connectivity index (χ4v) is 2.57. The molecule has 1 aromatic carbocycles. The summed E-state index contributed by atoms with van der Waals surface area (Å²) < 4.78 is 10.6. The van der Waals surface area contributed by atoms with Gasteiger partial charge in [-0.3, -0.25) is 9.59 Å². The van der Waals surface area contributed by atoms with Gasteiger partial charge in [-0.1, -0.05) is 32.6 Å². The van der Waals surface area contributed by atoms with Gasteiger partial charge in [-0.05, 0) is 50.5 Å². The van der Waals surface area contributed by atoms with Gasteiger partial charge in [0.15, 0.2) is 5.78 Å². The number of Topliss-reactive ketones (excluding diaryl/α,β-unsaturated/α-hetero) is 1. The molecular weight excluding hydrogens is 316 g/mol. The van der Waals surface area contributed by atoms with Gasteiger partial charge in [0.05, 0.1) is 13.2 Å². The van der Waals surface area contributed by atoms with Crippen LogP contribution in [0.1, 0.15) is 82.0 Å². The zero-order valence-corrected chi connectivity index (χ0v) is 15.7. The van der Waals surface area contributed by atoms with E-state index in [1.54, 1.807) is 6.92 Å². The molecule has 0 saturated carbocycles. The molecule has 0 N–H and O–H groups in total. The third-order valence-electron chi connectivity index (χ3n) is 4.03. The van der Waals surface area contributed by atoms with Gasteiger partial charge in [-0.25, -0.2) is 0 Å². The van der Waals surface area contributed by atoms with Crippen molar-refractivity contribution in [1.29, 1.82) is 0 Å². The molecule has 0 aliphatic rings. The second-order valence-corrected chi connectivity index (χ2v) is 6.22. The summed E-state index contributed by atoms with van der Waals surface area (Å²) in [6.07, 6.45) is 8.13. The highest BCUT2D eigenvalue weighted by atomic mass is 16.5. The third-order valence-corrected chi connectivity index (χ3v) is 4.03. The Kier molecular flexibility index (Phi) is 11.4. The second kappa shape index (κ2) is 13.5. The Balaban J connectivity index is 2.19. The van der Waals surface area contributed by atoms with E-state index in [4.69, 9.17) is 9.47 Å². The molecule has 0 atom stereocenters. The highest BCUT2D eigenvalue weighted by Gasteiger charge is 2.07. The molecule has 0 spiro atoms. The molecule has 1 rings (SSSR count). The van der Waals surface area contributed by atoms with Crippen LogP contribution >= 0.6 is 0 Å².